The first-order valence-electron chi connectivity index (χ1n) is 6.90. The van der Waals surface area contributed by atoms with Crippen LogP contribution in [-0.2, 0) is 4.74 Å². The van der Waals surface area contributed by atoms with Crippen LogP contribution in [0.3, 0.4) is 0 Å². The molecule has 2 heterocycles. The summed E-state index contributed by atoms with van der Waals surface area (Å²) in [5.41, 5.74) is 4.73. The van der Waals surface area contributed by atoms with Crippen LogP contribution < -0.4 is 0 Å². The van der Waals surface area contributed by atoms with Gasteiger partial charge in [0, 0.05) is 11.3 Å². The zero-order chi connectivity index (χ0) is 15.7. The van der Waals surface area contributed by atoms with E-state index in [1.807, 2.05) is 60.3 Å². The van der Waals surface area contributed by atoms with Gasteiger partial charge in [-0.25, -0.2) is 9.48 Å². The Bertz CT molecular complexity index is 819. The van der Waals surface area contributed by atoms with E-state index in [0.717, 1.165) is 28.2 Å². The van der Waals surface area contributed by atoms with E-state index >= 15 is 0 Å². The highest BCUT2D eigenvalue weighted by atomic mass is 32.1. The third-order valence-corrected chi connectivity index (χ3v) is 4.55. The van der Waals surface area contributed by atoms with Crippen molar-refractivity contribution >= 4 is 17.3 Å². The highest BCUT2D eigenvalue weighted by Crippen LogP contribution is 2.29. The second kappa shape index (κ2) is 5.77. The molecule has 22 heavy (non-hydrogen) atoms. The van der Waals surface area contributed by atoms with Crippen LogP contribution in [0.2, 0.25) is 0 Å². The monoisotopic (exact) mass is 312 g/mol. The summed E-state index contributed by atoms with van der Waals surface area (Å²) in [6.07, 6.45) is 0. The van der Waals surface area contributed by atoms with Crippen LogP contribution in [0.1, 0.15) is 20.9 Å². The number of aryl methyl sites for hydroxylation is 2. The number of carbonyl (C=O) groups excluding carboxylic acids is 1. The molecular weight excluding hydrogens is 296 g/mol. The number of rotatable bonds is 3. The van der Waals surface area contributed by atoms with Gasteiger partial charge in [0.25, 0.3) is 0 Å². The molecule has 1 aromatic carbocycles. The van der Waals surface area contributed by atoms with Crippen LogP contribution in [0.15, 0.2) is 41.8 Å². The number of benzene rings is 1. The Morgan fingerprint density at radius 2 is 1.95 bits per heavy atom. The molecule has 2 aromatic heterocycles. The minimum absolute atomic E-state index is 0.329. The van der Waals surface area contributed by atoms with Gasteiger partial charge in [-0.3, -0.25) is 0 Å². The molecule has 3 rings (SSSR count). The molecule has 5 heteroatoms. The van der Waals surface area contributed by atoms with Gasteiger partial charge in [0.15, 0.2) is 0 Å². The number of methoxy groups -OCH3 is 1. The van der Waals surface area contributed by atoms with Crippen molar-refractivity contribution in [2.75, 3.05) is 7.11 Å². The van der Waals surface area contributed by atoms with Gasteiger partial charge in [-0.15, -0.1) is 11.3 Å². The first-order valence-corrected chi connectivity index (χ1v) is 7.78. The van der Waals surface area contributed by atoms with E-state index in [1.54, 1.807) is 0 Å². The Morgan fingerprint density at radius 3 is 2.64 bits per heavy atom. The lowest BCUT2D eigenvalue weighted by atomic mass is 10.1. The highest BCUT2D eigenvalue weighted by molar-refractivity contribution is 7.12. The van der Waals surface area contributed by atoms with Gasteiger partial charge >= 0.3 is 5.97 Å². The fourth-order valence-corrected chi connectivity index (χ4v) is 3.33. The van der Waals surface area contributed by atoms with Crippen molar-refractivity contribution in [2.45, 2.75) is 13.8 Å². The quantitative estimate of drug-likeness (QED) is 0.687. The topological polar surface area (TPSA) is 44.1 Å². The number of carbonyl (C=O) groups is 1. The number of hydrogen-bond acceptors (Lipinski definition) is 4. The van der Waals surface area contributed by atoms with Crippen molar-refractivity contribution < 1.29 is 9.53 Å². The summed E-state index contributed by atoms with van der Waals surface area (Å²) in [5.74, 6) is -0.329. The third-order valence-electron chi connectivity index (χ3n) is 3.48. The van der Waals surface area contributed by atoms with E-state index in [4.69, 9.17) is 4.74 Å². The maximum Gasteiger partial charge on any atom is 0.350 e. The van der Waals surface area contributed by atoms with Gasteiger partial charge in [0.1, 0.15) is 4.88 Å². The number of thiophene rings is 1. The average Bonchev–Trinajstić information content (AvgIpc) is 3.10. The van der Waals surface area contributed by atoms with Crippen LogP contribution in [0.4, 0.5) is 0 Å². The SMILES string of the molecule is COC(=O)c1scc(C)c1-n1nc(-c2ccccc2)cc1C. The lowest BCUT2D eigenvalue weighted by Gasteiger charge is -2.06. The van der Waals surface area contributed by atoms with Crippen LogP contribution in [-0.4, -0.2) is 22.9 Å². The van der Waals surface area contributed by atoms with Crippen LogP contribution in [0, 0.1) is 13.8 Å². The molecule has 0 saturated carbocycles. The number of esters is 1. The molecule has 112 valence electrons. The summed E-state index contributed by atoms with van der Waals surface area (Å²) < 4.78 is 6.69. The zero-order valence-electron chi connectivity index (χ0n) is 12.7. The van der Waals surface area contributed by atoms with Gasteiger partial charge in [-0.05, 0) is 30.9 Å². The van der Waals surface area contributed by atoms with E-state index in [2.05, 4.69) is 5.10 Å². The normalized spacial score (nSPS) is 10.7. The molecule has 0 amide bonds. The average molecular weight is 312 g/mol. The number of nitrogens with zero attached hydrogens (tertiary/aromatic N) is 2. The molecule has 0 aliphatic heterocycles. The first-order chi connectivity index (χ1) is 10.6. The van der Waals surface area contributed by atoms with E-state index in [1.165, 1.54) is 18.4 Å². The minimum Gasteiger partial charge on any atom is -0.465 e. The van der Waals surface area contributed by atoms with Gasteiger partial charge in [-0.1, -0.05) is 30.3 Å². The first kappa shape index (κ1) is 14.5. The van der Waals surface area contributed by atoms with E-state index in [0.29, 0.717) is 4.88 Å². The van der Waals surface area contributed by atoms with Crippen molar-refractivity contribution in [3.05, 3.63) is 57.9 Å². The molecule has 4 nitrogen and oxygen atoms in total. The van der Waals surface area contributed by atoms with Gasteiger partial charge in [0.2, 0.25) is 0 Å². The maximum absolute atomic E-state index is 12.0. The van der Waals surface area contributed by atoms with Crippen molar-refractivity contribution in [3.8, 4) is 16.9 Å². The standard InChI is InChI=1S/C17H16N2O2S/c1-11-10-22-16(17(20)21-3)15(11)19-12(2)9-14(18-19)13-7-5-4-6-8-13/h4-10H,1-3H3. The van der Waals surface area contributed by atoms with Crippen LogP contribution in [0.25, 0.3) is 16.9 Å². The Kier molecular flexibility index (Phi) is 3.81. The second-order valence-electron chi connectivity index (χ2n) is 5.04. The third kappa shape index (κ3) is 2.44. The number of hydrogen-bond donors (Lipinski definition) is 0. The smallest absolute Gasteiger partial charge is 0.350 e. The summed E-state index contributed by atoms with van der Waals surface area (Å²) in [7, 11) is 1.40. The van der Waals surface area contributed by atoms with E-state index in [-0.39, 0.29) is 5.97 Å². The zero-order valence-corrected chi connectivity index (χ0v) is 13.5. The molecule has 0 aliphatic rings. The molecule has 0 aliphatic carbocycles. The summed E-state index contributed by atoms with van der Waals surface area (Å²) in [6, 6.07) is 12.0. The van der Waals surface area contributed by atoms with Gasteiger partial charge in [-0.2, -0.15) is 5.10 Å². The second-order valence-corrected chi connectivity index (χ2v) is 5.92. The highest BCUT2D eigenvalue weighted by Gasteiger charge is 2.20. The molecule has 0 fully saturated rings. The molecular formula is C17H16N2O2S. The maximum atomic E-state index is 12.0. The fraction of sp³-hybridized carbons (Fsp3) is 0.176. The van der Waals surface area contributed by atoms with Crippen molar-refractivity contribution in [2.24, 2.45) is 0 Å². The molecule has 0 spiro atoms. The molecule has 3 aromatic rings. The fourth-order valence-electron chi connectivity index (χ4n) is 2.39. The summed E-state index contributed by atoms with van der Waals surface area (Å²) >= 11 is 1.38. The Hall–Kier alpha value is -2.40. The number of aromatic nitrogens is 2. The summed E-state index contributed by atoms with van der Waals surface area (Å²) in [5, 5.41) is 6.63. The summed E-state index contributed by atoms with van der Waals surface area (Å²) in [6.45, 7) is 3.96. The van der Waals surface area contributed by atoms with Crippen LogP contribution in [0.5, 0.6) is 0 Å². The van der Waals surface area contributed by atoms with Crippen LogP contribution >= 0.6 is 11.3 Å². The largest absolute Gasteiger partial charge is 0.465 e. The molecule has 0 radical (unpaired) electrons. The van der Waals surface area contributed by atoms with Crippen molar-refractivity contribution in [3.63, 3.8) is 0 Å². The van der Waals surface area contributed by atoms with E-state index < -0.39 is 0 Å². The predicted molar refractivity (Wildman–Crippen MR) is 87.7 cm³/mol. The molecule has 0 unspecified atom stereocenters. The lowest BCUT2D eigenvalue weighted by Crippen LogP contribution is -2.07. The summed E-state index contributed by atoms with van der Waals surface area (Å²) in [4.78, 5) is 12.5. The molecule has 0 atom stereocenters. The molecule has 0 saturated heterocycles. The van der Waals surface area contributed by atoms with E-state index in [9.17, 15) is 4.79 Å². The Morgan fingerprint density at radius 1 is 1.23 bits per heavy atom. The molecule has 0 N–H and O–H groups in total. The number of ether oxygens (including phenoxy) is 1. The van der Waals surface area contributed by atoms with Gasteiger partial charge in [0.05, 0.1) is 18.5 Å². The van der Waals surface area contributed by atoms with Gasteiger partial charge < -0.3 is 4.74 Å². The minimum atomic E-state index is -0.329. The lowest BCUT2D eigenvalue weighted by molar-refractivity contribution is 0.0606. The Balaban J connectivity index is 2.13. The van der Waals surface area contributed by atoms with Crippen molar-refractivity contribution in [1.29, 1.82) is 0 Å². The Labute approximate surface area is 133 Å². The molecule has 0 bridgehead atoms. The van der Waals surface area contributed by atoms with Crippen molar-refractivity contribution in [1.82, 2.24) is 9.78 Å². The predicted octanol–water partition coefficient (Wildman–Crippen LogP) is 4.00.